The fourth-order valence-electron chi connectivity index (χ4n) is 1.45. The Kier molecular flexibility index (Phi) is 5.95. The van der Waals surface area contributed by atoms with Crippen molar-refractivity contribution in [3.05, 3.63) is 16.1 Å². The van der Waals surface area contributed by atoms with Gasteiger partial charge >= 0.3 is 0 Å². The summed E-state index contributed by atoms with van der Waals surface area (Å²) < 4.78 is 5.48. The third kappa shape index (κ3) is 4.60. The highest BCUT2D eigenvalue weighted by Crippen LogP contribution is 2.12. The summed E-state index contributed by atoms with van der Waals surface area (Å²) >= 11 is 1.75. The monoisotopic (exact) mass is 242 g/mol. The fraction of sp³-hybridized carbons (Fsp3) is 0.750. The van der Waals surface area contributed by atoms with Crippen LogP contribution in [0.25, 0.3) is 0 Å². The van der Waals surface area contributed by atoms with Crippen molar-refractivity contribution in [2.75, 3.05) is 13.2 Å². The number of hydrogen-bond donors (Lipinski definition) is 1. The van der Waals surface area contributed by atoms with Gasteiger partial charge in [-0.3, -0.25) is 0 Å². The maximum absolute atomic E-state index is 5.48. The van der Waals surface area contributed by atoms with Crippen molar-refractivity contribution < 1.29 is 4.74 Å². The topological polar surface area (TPSA) is 34.1 Å². The Balaban J connectivity index is 2.37. The molecule has 0 saturated carbocycles. The quantitative estimate of drug-likeness (QED) is 0.798. The van der Waals surface area contributed by atoms with E-state index >= 15 is 0 Å². The van der Waals surface area contributed by atoms with Gasteiger partial charge in [-0.1, -0.05) is 13.8 Å². The van der Waals surface area contributed by atoms with E-state index in [9.17, 15) is 0 Å². The van der Waals surface area contributed by atoms with E-state index in [2.05, 4.69) is 24.1 Å². The molecule has 0 radical (unpaired) electrons. The van der Waals surface area contributed by atoms with Crippen LogP contribution in [0.2, 0.25) is 0 Å². The first-order valence-electron chi connectivity index (χ1n) is 5.86. The van der Waals surface area contributed by atoms with Gasteiger partial charge in [-0.25, -0.2) is 4.98 Å². The van der Waals surface area contributed by atoms with Crippen molar-refractivity contribution >= 4 is 11.3 Å². The van der Waals surface area contributed by atoms with Crippen molar-refractivity contribution in [1.29, 1.82) is 0 Å². The zero-order chi connectivity index (χ0) is 12.0. The first kappa shape index (κ1) is 13.6. The smallest absolute Gasteiger partial charge is 0.0897 e. The van der Waals surface area contributed by atoms with E-state index in [1.807, 2.05) is 20.0 Å². The van der Waals surface area contributed by atoms with E-state index in [0.717, 1.165) is 24.8 Å². The maximum atomic E-state index is 5.48. The molecule has 0 amide bonds. The van der Waals surface area contributed by atoms with Gasteiger partial charge in [-0.15, -0.1) is 11.3 Å². The molecule has 0 aliphatic heterocycles. The average Bonchev–Trinajstić information content (AvgIpc) is 2.64. The van der Waals surface area contributed by atoms with Gasteiger partial charge in [0.1, 0.15) is 0 Å². The minimum atomic E-state index is 0.419. The summed E-state index contributed by atoms with van der Waals surface area (Å²) in [5, 5.41) is 4.66. The first-order chi connectivity index (χ1) is 7.63. The second kappa shape index (κ2) is 6.99. The van der Waals surface area contributed by atoms with Crippen molar-refractivity contribution in [2.24, 2.45) is 5.92 Å². The molecule has 16 heavy (non-hydrogen) atoms. The summed E-state index contributed by atoms with van der Waals surface area (Å²) in [5.74, 6) is 0.584. The van der Waals surface area contributed by atoms with E-state index in [0.29, 0.717) is 12.0 Å². The number of aromatic nitrogens is 1. The Bertz CT molecular complexity index is 299. The Labute approximate surface area is 102 Å². The Morgan fingerprint density at radius 3 is 2.75 bits per heavy atom. The number of nitrogens with zero attached hydrogens (tertiary/aromatic N) is 1. The van der Waals surface area contributed by atoms with Crippen LogP contribution in [0.1, 0.15) is 30.7 Å². The molecule has 0 aliphatic carbocycles. The van der Waals surface area contributed by atoms with Crippen LogP contribution >= 0.6 is 11.3 Å². The molecular formula is C12H22N2OS. The maximum Gasteiger partial charge on any atom is 0.0897 e. The summed E-state index contributed by atoms with van der Waals surface area (Å²) in [6.45, 7) is 11.0. The van der Waals surface area contributed by atoms with E-state index in [1.54, 1.807) is 11.3 Å². The Morgan fingerprint density at radius 2 is 2.25 bits per heavy atom. The van der Waals surface area contributed by atoms with Gasteiger partial charge < -0.3 is 10.1 Å². The van der Waals surface area contributed by atoms with E-state index < -0.39 is 0 Å². The Morgan fingerprint density at radius 1 is 1.50 bits per heavy atom. The highest BCUT2D eigenvalue weighted by atomic mass is 32.1. The van der Waals surface area contributed by atoms with Crippen LogP contribution in [0.5, 0.6) is 0 Å². The molecule has 1 N–H and O–H groups in total. The van der Waals surface area contributed by atoms with Crippen LogP contribution in [0.4, 0.5) is 0 Å². The first-order valence-corrected chi connectivity index (χ1v) is 6.67. The van der Waals surface area contributed by atoms with Crippen LogP contribution in [0.3, 0.4) is 0 Å². The number of aryl methyl sites for hydroxylation is 1. The van der Waals surface area contributed by atoms with Crippen LogP contribution in [0, 0.1) is 12.8 Å². The van der Waals surface area contributed by atoms with Gasteiger partial charge in [0.25, 0.3) is 0 Å². The molecule has 1 atom stereocenters. The average molecular weight is 242 g/mol. The van der Waals surface area contributed by atoms with Gasteiger partial charge in [0, 0.05) is 30.3 Å². The van der Waals surface area contributed by atoms with Crippen LogP contribution in [0.15, 0.2) is 6.20 Å². The van der Waals surface area contributed by atoms with Gasteiger partial charge in [0.15, 0.2) is 0 Å². The Hall–Kier alpha value is -0.450. The fourth-order valence-corrected chi connectivity index (χ4v) is 2.20. The highest BCUT2D eigenvalue weighted by molar-refractivity contribution is 7.11. The molecule has 1 heterocycles. The van der Waals surface area contributed by atoms with Gasteiger partial charge in [0.2, 0.25) is 0 Å². The van der Waals surface area contributed by atoms with E-state index in [-0.39, 0.29) is 0 Å². The third-order valence-electron chi connectivity index (χ3n) is 2.51. The molecule has 0 aliphatic rings. The summed E-state index contributed by atoms with van der Waals surface area (Å²) in [7, 11) is 0. The molecule has 0 bridgehead atoms. The highest BCUT2D eigenvalue weighted by Gasteiger charge is 2.13. The third-order valence-corrected chi connectivity index (χ3v) is 3.43. The minimum absolute atomic E-state index is 0.419. The number of nitrogens with one attached hydrogen (secondary N) is 1. The lowest BCUT2D eigenvalue weighted by molar-refractivity contribution is 0.108. The molecule has 1 unspecified atom stereocenters. The van der Waals surface area contributed by atoms with Crippen LogP contribution in [-0.4, -0.2) is 24.2 Å². The molecule has 0 spiro atoms. The van der Waals surface area contributed by atoms with Gasteiger partial charge in [-0.2, -0.15) is 0 Å². The summed E-state index contributed by atoms with van der Waals surface area (Å²) in [4.78, 5) is 5.54. The van der Waals surface area contributed by atoms with Crippen molar-refractivity contribution in [3.63, 3.8) is 0 Å². The SMILES string of the molecule is CCOCC(NCc1cnc(C)s1)C(C)C. The van der Waals surface area contributed by atoms with Gasteiger partial charge in [-0.05, 0) is 19.8 Å². The lowest BCUT2D eigenvalue weighted by Crippen LogP contribution is -2.37. The second-order valence-electron chi connectivity index (χ2n) is 4.24. The molecule has 0 fully saturated rings. The number of rotatable bonds is 7. The molecule has 1 aromatic heterocycles. The standard InChI is InChI=1S/C12H22N2OS/c1-5-15-8-12(9(2)3)14-7-11-6-13-10(4)16-11/h6,9,12,14H,5,7-8H2,1-4H3. The molecule has 1 rings (SSSR count). The van der Waals surface area contributed by atoms with Gasteiger partial charge in [0.05, 0.1) is 11.6 Å². The van der Waals surface area contributed by atoms with Crippen molar-refractivity contribution in [3.8, 4) is 0 Å². The largest absolute Gasteiger partial charge is 0.380 e. The summed E-state index contributed by atoms with van der Waals surface area (Å²) in [6.07, 6.45) is 1.95. The minimum Gasteiger partial charge on any atom is -0.380 e. The summed E-state index contributed by atoms with van der Waals surface area (Å²) in [6, 6.07) is 0.419. The second-order valence-corrected chi connectivity index (χ2v) is 5.56. The molecule has 3 nitrogen and oxygen atoms in total. The van der Waals surface area contributed by atoms with E-state index in [1.165, 1.54) is 4.88 Å². The van der Waals surface area contributed by atoms with Crippen LogP contribution in [-0.2, 0) is 11.3 Å². The predicted molar refractivity (Wildman–Crippen MR) is 68.8 cm³/mol. The van der Waals surface area contributed by atoms with E-state index in [4.69, 9.17) is 4.74 Å². The lowest BCUT2D eigenvalue weighted by Gasteiger charge is -2.21. The number of ether oxygens (including phenoxy) is 1. The summed E-state index contributed by atoms with van der Waals surface area (Å²) in [5.41, 5.74) is 0. The molecular weight excluding hydrogens is 220 g/mol. The molecule has 0 saturated heterocycles. The van der Waals surface area contributed by atoms with Crippen molar-refractivity contribution in [1.82, 2.24) is 10.3 Å². The molecule has 0 aromatic carbocycles. The number of thiazole rings is 1. The molecule has 4 heteroatoms. The zero-order valence-electron chi connectivity index (χ0n) is 10.6. The number of hydrogen-bond acceptors (Lipinski definition) is 4. The normalized spacial score (nSPS) is 13.3. The molecule has 92 valence electrons. The molecule has 1 aromatic rings. The zero-order valence-corrected chi connectivity index (χ0v) is 11.4. The lowest BCUT2D eigenvalue weighted by atomic mass is 10.1. The predicted octanol–water partition coefficient (Wildman–Crippen LogP) is 2.60. The van der Waals surface area contributed by atoms with Crippen molar-refractivity contribution in [2.45, 2.75) is 40.3 Å². The van der Waals surface area contributed by atoms with Crippen LogP contribution < -0.4 is 5.32 Å².